The standard InChI is InChI=1S/C5H7IO/c6-4-2-1-3-5-7/h1-2,5H,3-4H2. The summed E-state index contributed by atoms with van der Waals surface area (Å²) in [6.07, 6.45) is 5.28. The largest absolute Gasteiger partial charge is 0.303 e. The molecule has 0 N–H and O–H groups in total. The number of hydrogen-bond acceptors (Lipinski definition) is 1. The van der Waals surface area contributed by atoms with E-state index in [1.54, 1.807) is 0 Å². The van der Waals surface area contributed by atoms with Gasteiger partial charge in [0.05, 0.1) is 0 Å². The average Bonchev–Trinajstić information content (AvgIpc) is 1.69. The number of hydrogen-bond donors (Lipinski definition) is 0. The molecule has 0 aromatic heterocycles. The van der Waals surface area contributed by atoms with Crippen LogP contribution in [0.3, 0.4) is 0 Å². The quantitative estimate of drug-likeness (QED) is 0.299. The molecule has 0 aromatic rings. The van der Waals surface area contributed by atoms with Crippen molar-refractivity contribution < 1.29 is 4.79 Å². The van der Waals surface area contributed by atoms with Gasteiger partial charge in [-0.3, -0.25) is 0 Å². The van der Waals surface area contributed by atoms with Crippen LogP contribution < -0.4 is 0 Å². The minimum absolute atomic E-state index is 0.559. The zero-order chi connectivity index (χ0) is 5.54. The lowest BCUT2D eigenvalue weighted by atomic mass is 10.4. The lowest BCUT2D eigenvalue weighted by Gasteiger charge is -1.71. The van der Waals surface area contributed by atoms with Crippen LogP contribution in [0.2, 0.25) is 0 Å². The Morgan fingerprint density at radius 3 is 2.57 bits per heavy atom. The normalized spacial score (nSPS) is 9.86. The fourth-order valence-electron chi connectivity index (χ4n) is 0.215. The van der Waals surface area contributed by atoms with E-state index in [0.717, 1.165) is 10.7 Å². The van der Waals surface area contributed by atoms with Gasteiger partial charge in [0.25, 0.3) is 0 Å². The Kier molecular flexibility index (Phi) is 6.26. The molecule has 0 aliphatic heterocycles. The van der Waals surface area contributed by atoms with Gasteiger partial charge >= 0.3 is 0 Å². The summed E-state index contributed by atoms with van der Waals surface area (Å²) in [7, 11) is 0. The minimum atomic E-state index is 0.559. The molecular formula is C5H7IO. The molecule has 0 fully saturated rings. The highest BCUT2D eigenvalue weighted by atomic mass is 127. The number of carbonyl (C=O) groups excluding carboxylic acids is 1. The summed E-state index contributed by atoms with van der Waals surface area (Å²) in [5.41, 5.74) is 0. The molecule has 2 heteroatoms. The molecule has 0 bridgehead atoms. The molecule has 7 heavy (non-hydrogen) atoms. The van der Waals surface area contributed by atoms with E-state index < -0.39 is 0 Å². The Balaban J connectivity index is 2.92. The first kappa shape index (κ1) is 7.14. The van der Waals surface area contributed by atoms with Crippen LogP contribution in [0.1, 0.15) is 6.42 Å². The van der Waals surface area contributed by atoms with Gasteiger partial charge in [0.1, 0.15) is 6.29 Å². The second-order valence-corrected chi connectivity index (χ2v) is 1.91. The molecule has 0 saturated carbocycles. The van der Waals surface area contributed by atoms with Crippen molar-refractivity contribution in [1.29, 1.82) is 0 Å². The Bertz CT molecular complexity index is 68.5. The van der Waals surface area contributed by atoms with E-state index in [1.807, 2.05) is 12.2 Å². The van der Waals surface area contributed by atoms with Gasteiger partial charge < -0.3 is 4.79 Å². The zero-order valence-corrected chi connectivity index (χ0v) is 6.09. The van der Waals surface area contributed by atoms with Crippen molar-refractivity contribution >= 4 is 28.9 Å². The fourth-order valence-corrected chi connectivity index (χ4v) is 0.574. The lowest BCUT2D eigenvalue weighted by Crippen LogP contribution is -1.65. The predicted octanol–water partition coefficient (Wildman–Crippen LogP) is 1.57. The second-order valence-electron chi connectivity index (χ2n) is 1.03. The first-order valence-corrected chi connectivity index (χ1v) is 3.59. The third-order valence-electron chi connectivity index (χ3n) is 0.488. The highest BCUT2D eigenvalue weighted by Gasteiger charge is 1.67. The topological polar surface area (TPSA) is 17.1 Å². The average molecular weight is 210 g/mol. The molecule has 0 aromatic carbocycles. The summed E-state index contributed by atoms with van der Waals surface area (Å²) in [5.74, 6) is 0. The summed E-state index contributed by atoms with van der Waals surface area (Å²) < 4.78 is 0.992. The smallest absolute Gasteiger partial charge is 0.123 e. The number of rotatable bonds is 3. The highest BCUT2D eigenvalue weighted by molar-refractivity contribution is 14.1. The molecule has 40 valence electrons. The van der Waals surface area contributed by atoms with Crippen molar-refractivity contribution in [3.8, 4) is 0 Å². The summed E-state index contributed by atoms with van der Waals surface area (Å²) >= 11 is 2.22. The van der Waals surface area contributed by atoms with Gasteiger partial charge in [-0.15, -0.1) is 0 Å². The molecule has 0 rings (SSSR count). The molecule has 0 heterocycles. The maximum absolute atomic E-state index is 9.63. The molecular weight excluding hydrogens is 203 g/mol. The number of halogens is 1. The van der Waals surface area contributed by atoms with Crippen LogP contribution in [0, 0.1) is 0 Å². The van der Waals surface area contributed by atoms with Crippen molar-refractivity contribution in [2.24, 2.45) is 0 Å². The van der Waals surface area contributed by atoms with Crippen LogP contribution in [-0.4, -0.2) is 10.7 Å². The van der Waals surface area contributed by atoms with Crippen LogP contribution in [0.5, 0.6) is 0 Å². The fraction of sp³-hybridized carbons (Fsp3) is 0.400. The maximum atomic E-state index is 9.63. The zero-order valence-electron chi connectivity index (χ0n) is 3.93. The van der Waals surface area contributed by atoms with E-state index in [-0.39, 0.29) is 0 Å². The summed E-state index contributed by atoms with van der Waals surface area (Å²) in [6.45, 7) is 0. The Labute approximate surface area is 56.9 Å². The van der Waals surface area contributed by atoms with Crippen molar-refractivity contribution in [3.63, 3.8) is 0 Å². The molecule has 0 unspecified atom stereocenters. The number of carbonyl (C=O) groups is 1. The molecule has 0 spiro atoms. The SMILES string of the molecule is O=CCC=CCI. The number of allylic oxidation sites excluding steroid dienone is 2. The summed E-state index contributed by atoms with van der Waals surface area (Å²) in [5, 5.41) is 0. The maximum Gasteiger partial charge on any atom is 0.123 e. The van der Waals surface area contributed by atoms with Gasteiger partial charge in [-0.2, -0.15) is 0 Å². The summed E-state index contributed by atoms with van der Waals surface area (Å²) in [6, 6.07) is 0. The van der Waals surface area contributed by atoms with E-state index in [4.69, 9.17) is 0 Å². The van der Waals surface area contributed by atoms with Crippen molar-refractivity contribution in [2.45, 2.75) is 6.42 Å². The second kappa shape index (κ2) is 6.14. The van der Waals surface area contributed by atoms with Crippen LogP contribution in [-0.2, 0) is 4.79 Å². The van der Waals surface area contributed by atoms with E-state index in [1.165, 1.54) is 0 Å². The van der Waals surface area contributed by atoms with Gasteiger partial charge in [0, 0.05) is 10.8 Å². The minimum Gasteiger partial charge on any atom is -0.303 e. The van der Waals surface area contributed by atoms with Gasteiger partial charge in [0.15, 0.2) is 0 Å². The molecule has 0 aliphatic rings. The molecule has 0 radical (unpaired) electrons. The van der Waals surface area contributed by atoms with E-state index in [2.05, 4.69) is 22.6 Å². The molecule has 1 nitrogen and oxygen atoms in total. The molecule has 0 aliphatic carbocycles. The lowest BCUT2D eigenvalue weighted by molar-refractivity contribution is -0.107. The van der Waals surface area contributed by atoms with Crippen LogP contribution in [0.15, 0.2) is 12.2 Å². The predicted molar refractivity (Wildman–Crippen MR) is 38.7 cm³/mol. The first-order valence-electron chi connectivity index (χ1n) is 2.06. The van der Waals surface area contributed by atoms with Crippen LogP contribution in [0.4, 0.5) is 0 Å². The van der Waals surface area contributed by atoms with Crippen molar-refractivity contribution in [3.05, 3.63) is 12.2 Å². The van der Waals surface area contributed by atoms with Crippen molar-refractivity contribution in [1.82, 2.24) is 0 Å². The van der Waals surface area contributed by atoms with Crippen molar-refractivity contribution in [2.75, 3.05) is 4.43 Å². The molecule has 0 amide bonds. The van der Waals surface area contributed by atoms with E-state index >= 15 is 0 Å². The molecule has 0 atom stereocenters. The van der Waals surface area contributed by atoms with E-state index in [0.29, 0.717) is 6.42 Å². The van der Waals surface area contributed by atoms with Gasteiger partial charge in [-0.05, 0) is 0 Å². The van der Waals surface area contributed by atoms with E-state index in [9.17, 15) is 4.79 Å². The van der Waals surface area contributed by atoms with Gasteiger partial charge in [-0.25, -0.2) is 0 Å². The Morgan fingerprint density at radius 2 is 2.14 bits per heavy atom. The molecule has 0 saturated heterocycles. The van der Waals surface area contributed by atoms with Gasteiger partial charge in [-0.1, -0.05) is 34.7 Å². The third kappa shape index (κ3) is 6.14. The number of aldehydes is 1. The summed E-state index contributed by atoms with van der Waals surface area (Å²) in [4.78, 5) is 9.63. The number of alkyl halides is 1. The Morgan fingerprint density at radius 1 is 1.43 bits per heavy atom. The highest BCUT2D eigenvalue weighted by Crippen LogP contribution is 1.83. The van der Waals surface area contributed by atoms with Gasteiger partial charge in [0.2, 0.25) is 0 Å². The van der Waals surface area contributed by atoms with Crippen LogP contribution >= 0.6 is 22.6 Å². The first-order chi connectivity index (χ1) is 3.41. The monoisotopic (exact) mass is 210 g/mol. The van der Waals surface area contributed by atoms with Crippen LogP contribution in [0.25, 0.3) is 0 Å². The Hall–Kier alpha value is 0.140. The third-order valence-corrected chi connectivity index (χ3v) is 0.997.